The third-order valence-electron chi connectivity index (χ3n) is 4.47. The lowest BCUT2D eigenvalue weighted by molar-refractivity contribution is -0.134. The number of methoxy groups -OCH3 is 3. The highest BCUT2D eigenvalue weighted by molar-refractivity contribution is 5.38. The summed E-state index contributed by atoms with van der Waals surface area (Å²) in [6.45, 7) is 2.62. The van der Waals surface area contributed by atoms with E-state index in [4.69, 9.17) is 14.2 Å². The summed E-state index contributed by atoms with van der Waals surface area (Å²) in [6, 6.07) is 16.4. The zero-order valence-corrected chi connectivity index (χ0v) is 13.9. The fourth-order valence-electron chi connectivity index (χ4n) is 3.18. The molecule has 1 aliphatic heterocycles. The van der Waals surface area contributed by atoms with E-state index in [-0.39, 0.29) is 5.60 Å². The minimum Gasteiger partial charge on any atom is -0.497 e. The molecule has 122 valence electrons. The Labute approximate surface area is 137 Å². The molecule has 0 radical (unpaired) electrons. The van der Waals surface area contributed by atoms with Crippen molar-refractivity contribution in [2.75, 3.05) is 34.4 Å². The van der Waals surface area contributed by atoms with Crippen LogP contribution in [0.4, 0.5) is 0 Å². The lowest BCUT2D eigenvalue weighted by Gasteiger charge is -2.49. The van der Waals surface area contributed by atoms with Gasteiger partial charge in [0.05, 0.1) is 14.2 Å². The Kier molecular flexibility index (Phi) is 4.55. The number of hydrogen-bond acceptors (Lipinski definition) is 4. The monoisotopic (exact) mass is 313 g/mol. The van der Waals surface area contributed by atoms with Crippen molar-refractivity contribution in [1.29, 1.82) is 0 Å². The lowest BCUT2D eigenvalue weighted by atomic mass is 9.85. The number of benzene rings is 2. The van der Waals surface area contributed by atoms with E-state index in [1.807, 2.05) is 12.1 Å². The van der Waals surface area contributed by atoms with Gasteiger partial charge in [0.1, 0.15) is 17.1 Å². The fourth-order valence-corrected chi connectivity index (χ4v) is 3.18. The molecule has 1 saturated heterocycles. The molecule has 1 heterocycles. The third-order valence-corrected chi connectivity index (χ3v) is 4.47. The molecule has 0 atom stereocenters. The van der Waals surface area contributed by atoms with Gasteiger partial charge in [0.15, 0.2) is 0 Å². The van der Waals surface area contributed by atoms with Crippen LogP contribution in [0.3, 0.4) is 0 Å². The van der Waals surface area contributed by atoms with Crippen molar-refractivity contribution in [2.45, 2.75) is 12.1 Å². The van der Waals surface area contributed by atoms with Crippen LogP contribution in [0.5, 0.6) is 11.5 Å². The minimum atomic E-state index is -0.190. The highest BCUT2D eigenvalue weighted by atomic mass is 16.5. The van der Waals surface area contributed by atoms with Gasteiger partial charge in [0.2, 0.25) is 0 Å². The molecule has 3 rings (SSSR count). The number of nitrogens with zero attached hydrogens (tertiary/aromatic N) is 1. The van der Waals surface area contributed by atoms with Crippen molar-refractivity contribution in [3.05, 3.63) is 59.7 Å². The van der Waals surface area contributed by atoms with Gasteiger partial charge in [-0.2, -0.15) is 0 Å². The van der Waals surface area contributed by atoms with Crippen molar-refractivity contribution < 1.29 is 14.2 Å². The van der Waals surface area contributed by atoms with E-state index in [1.54, 1.807) is 21.3 Å². The van der Waals surface area contributed by atoms with Gasteiger partial charge in [-0.15, -0.1) is 0 Å². The Balaban J connectivity index is 1.70. The van der Waals surface area contributed by atoms with Gasteiger partial charge in [-0.3, -0.25) is 4.90 Å². The normalized spacial score (nSPS) is 16.7. The van der Waals surface area contributed by atoms with E-state index >= 15 is 0 Å². The molecule has 4 nitrogen and oxygen atoms in total. The van der Waals surface area contributed by atoms with Crippen LogP contribution >= 0.6 is 0 Å². The molecule has 23 heavy (non-hydrogen) atoms. The standard InChI is InChI=1S/C19H23NO3/c1-21-17-9-15(10-18(11-17)22-2)12-20-13-19(14-20,23-3)16-7-5-4-6-8-16/h4-11H,12-14H2,1-3H3. The molecule has 1 fully saturated rings. The predicted molar refractivity (Wildman–Crippen MR) is 90.0 cm³/mol. The molecule has 2 aromatic rings. The second-order valence-electron chi connectivity index (χ2n) is 5.93. The molecule has 0 saturated carbocycles. The zero-order chi connectivity index (χ0) is 16.3. The average molecular weight is 313 g/mol. The van der Waals surface area contributed by atoms with Gasteiger partial charge in [0.25, 0.3) is 0 Å². The maximum absolute atomic E-state index is 5.83. The Morgan fingerprint density at radius 3 is 2.04 bits per heavy atom. The summed E-state index contributed by atoms with van der Waals surface area (Å²) in [6.07, 6.45) is 0. The number of likely N-dealkylation sites (tertiary alicyclic amines) is 1. The zero-order valence-electron chi connectivity index (χ0n) is 13.9. The first-order valence-electron chi connectivity index (χ1n) is 7.74. The first-order valence-corrected chi connectivity index (χ1v) is 7.74. The first-order chi connectivity index (χ1) is 11.2. The van der Waals surface area contributed by atoms with E-state index < -0.39 is 0 Å². The quantitative estimate of drug-likeness (QED) is 0.820. The van der Waals surface area contributed by atoms with Gasteiger partial charge in [-0.25, -0.2) is 0 Å². The summed E-state index contributed by atoms with van der Waals surface area (Å²) in [4.78, 5) is 2.37. The van der Waals surface area contributed by atoms with Crippen molar-refractivity contribution >= 4 is 0 Å². The molecule has 0 amide bonds. The first kappa shape index (κ1) is 15.8. The molecule has 0 bridgehead atoms. The molecule has 0 unspecified atom stereocenters. The second-order valence-corrected chi connectivity index (χ2v) is 5.93. The topological polar surface area (TPSA) is 30.9 Å². The van der Waals surface area contributed by atoms with E-state index in [0.717, 1.165) is 31.1 Å². The molecule has 0 spiro atoms. The van der Waals surface area contributed by atoms with Gasteiger partial charge in [-0.05, 0) is 23.3 Å². The molecule has 2 aromatic carbocycles. The van der Waals surface area contributed by atoms with E-state index in [2.05, 4.69) is 41.3 Å². The Morgan fingerprint density at radius 2 is 1.52 bits per heavy atom. The Bertz CT molecular complexity index is 629. The number of ether oxygens (including phenoxy) is 3. The van der Waals surface area contributed by atoms with Crippen molar-refractivity contribution in [1.82, 2.24) is 4.90 Å². The summed E-state index contributed by atoms with van der Waals surface area (Å²) in [5.74, 6) is 1.64. The molecular formula is C19H23NO3. The van der Waals surface area contributed by atoms with Gasteiger partial charge >= 0.3 is 0 Å². The van der Waals surface area contributed by atoms with Gasteiger partial charge < -0.3 is 14.2 Å². The summed E-state index contributed by atoms with van der Waals surface area (Å²) in [5, 5.41) is 0. The van der Waals surface area contributed by atoms with Crippen LogP contribution in [0.1, 0.15) is 11.1 Å². The van der Waals surface area contributed by atoms with Gasteiger partial charge in [0, 0.05) is 32.8 Å². The highest BCUT2D eigenvalue weighted by Gasteiger charge is 2.44. The summed E-state index contributed by atoms with van der Waals surface area (Å²) in [7, 11) is 5.14. The number of hydrogen-bond donors (Lipinski definition) is 0. The van der Waals surface area contributed by atoms with Crippen LogP contribution < -0.4 is 9.47 Å². The minimum absolute atomic E-state index is 0.190. The summed E-state index contributed by atoms with van der Waals surface area (Å²) < 4.78 is 16.5. The molecule has 0 aromatic heterocycles. The SMILES string of the molecule is COc1cc(CN2CC(OC)(c3ccccc3)C2)cc(OC)c1. The van der Waals surface area contributed by atoms with E-state index in [9.17, 15) is 0 Å². The lowest BCUT2D eigenvalue weighted by Crippen LogP contribution is -2.59. The molecular weight excluding hydrogens is 290 g/mol. The largest absolute Gasteiger partial charge is 0.497 e. The highest BCUT2D eigenvalue weighted by Crippen LogP contribution is 2.36. The average Bonchev–Trinajstić information content (AvgIpc) is 2.58. The molecule has 0 N–H and O–H groups in total. The van der Waals surface area contributed by atoms with Crippen molar-refractivity contribution in [3.8, 4) is 11.5 Å². The molecule has 1 aliphatic rings. The predicted octanol–water partition coefficient (Wildman–Crippen LogP) is 3.06. The maximum atomic E-state index is 5.83. The van der Waals surface area contributed by atoms with Crippen LogP contribution in [0.15, 0.2) is 48.5 Å². The van der Waals surface area contributed by atoms with Gasteiger partial charge in [-0.1, -0.05) is 30.3 Å². The Morgan fingerprint density at radius 1 is 0.913 bits per heavy atom. The van der Waals surface area contributed by atoms with Crippen LogP contribution in [-0.2, 0) is 16.9 Å². The van der Waals surface area contributed by atoms with Crippen LogP contribution in [0.2, 0.25) is 0 Å². The second kappa shape index (κ2) is 6.60. The molecule has 4 heteroatoms. The van der Waals surface area contributed by atoms with E-state index in [0.29, 0.717) is 0 Å². The van der Waals surface area contributed by atoms with Crippen molar-refractivity contribution in [2.24, 2.45) is 0 Å². The van der Waals surface area contributed by atoms with Crippen LogP contribution in [0, 0.1) is 0 Å². The van der Waals surface area contributed by atoms with Crippen molar-refractivity contribution in [3.63, 3.8) is 0 Å². The summed E-state index contributed by atoms with van der Waals surface area (Å²) >= 11 is 0. The van der Waals surface area contributed by atoms with Crippen LogP contribution in [-0.4, -0.2) is 39.3 Å². The smallest absolute Gasteiger partial charge is 0.122 e. The fraction of sp³-hybridized carbons (Fsp3) is 0.368. The van der Waals surface area contributed by atoms with Crippen LogP contribution in [0.25, 0.3) is 0 Å². The Hall–Kier alpha value is -2.04. The third kappa shape index (κ3) is 3.19. The van der Waals surface area contributed by atoms with E-state index in [1.165, 1.54) is 11.1 Å². The number of rotatable bonds is 6. The molecule has 0 aliphatic carbocycles. The maximum Gasteiger partial charge on any atom is 0.122 e. The summed E-state index contributed by atoms with van der Waals surface area (Å²) in [5.41, 5.74) is 2.23.